The van der Waals surface area contributed by atoms with E-state index in [0.29, 0.717) is 6.04 Å². The van der Waals surface area contributed by atoms with Crippen LogP contribution in [0.1, 0.15) is 39.5 Å². The Balaban J connectivity index is 2.05. The van der Waals surface area contributed by atoms with Gasteiger partial charge < -0.3 is 5.32 Å². The number of nitrogens with one attached hydrogen (secondary N) is 1. The lowest BCUT2D eigenvalue weighted by Gasteiger charge is -2.15. The van der Waals surface area contributed by atoms with Gasteiger partial charge in [0.1, 0.15) is 0 Å². The van der Waals surface area contributed by atoms with Crippen LogP contribution in [0.4, 0.5) is 0 Å². The van der Waals surface area contributed by atoms with Gasteiger partial charge >= 0.3 is 0 Å². The Bertz CT molecular complexity index is 233. The predicted octanol–water partition coefficient (Wildman–Crippen LogP) is 1.84. The van der Waals surface area contributed by atoms with Crippen LogP contribution < -0.4 is 5.32 Å². The maximum Gasteiger partial charge on any atom is 0.0692 e. The molecule has 0 aliphatic rings. The van der Waals surface area contributed by atoms with Gasteiger partial charge in [-0.15, -0.1) is 5.10 Å². The fourth-order valence-electron chi connectivity index (χ4n) is 1.70. The molecule has 0 fully saturated rings. The predicted molar refractivity (Wildman–Crippen MR) is 61.6 cm³/mol. The molecular weight excluding hydrogens is 188 g/mol. The summed E-state index contributed by atoms with van der Waals surface area (Å²) in [6.45, 7) is 6.50. The largest absolute Gasteiger partial charge is 0.314 e. The van der Waals surface area contributed by atoms with Gasteiger partial charge in [-0.2, -0.15) is 0 Å². The molecule has 4 heteroatoms. The minimum atomic E-state index is 0.686. The van der Waals surface area contributed by atoms with E-state index in [0.717, 1.165) is 19.5 Å². The first-order valence-electron chi connectivity index (χ1n) is 5.94. The lowest BCUT2D eigenvalue weighted by molar-refractivity contribution is 0.440. The third-order valence-corrected chi connectivity index (χ3v) is 2.60. The van der Waals surface area contributed by atoms with Crippen molar-refractivity contribution in [2.75, 3.05) is 6.54 Å². The number of nitrogens with zero attached hydrogens (tertiary/aromatic N) is 3. The van der Waals surface area contributed by atoms with E-state index in [1.807, 2.05) is 10.9 Å². The van der Waals surface area contributed by atoms with Gasteiger partial charge in [0.05, 0.1) is 6.20 Å². The van der Waals surface area contributed by atoms with Crippen molar-refractivity contribution in [1.29, 1.82) is 0 Å². The Morgan fingerprint density at radius 1 is 1.40 bits per heavy atom. The van der Waals surface area contributed by atoms with E-state index in [-0.39, 0.29) is 0 Å². The third kappa shape index (κ3) is 4.93. The summed E-state index contributed by atoms with van der Waals surface area (Å²) >= 11 is 0. The van der Waals surface area contributed by atoms with E-state index >= 15 is 0 Å². The van der Waals surface area contributed by atoms with Gasteiger partial charge in [0.2, 0.25) is 0 Å². The quantitative estimate of drug-likeness (QED) is 0.666. The first-order valence-corrected chi connectivity index (χ1v) is 5.94. The number of rotatable bonds is 8. The Labute approximate surface area is 92.1 Å². The van der Waals surface area contributed by atoms with Gasteiger partial charge in [-0.05, 0) is 25.8 Å². The summed E-state index contributed by atoms with van der Waals surface area (Å²) in [4.78, 5) is 0. The summed E-state index contributed by atoms with van der Waals surface area (Å²) in [5, 5.41) is 11.3. The van der Waals surface area contributed by atoms with Crippen LogP contribution in [0.2, 0.25) is 0 Å². The van der Waals surface area contributed by atoms with Crippen LogP contribution >= 0.6 is 0 Å². The lowest BCUT2D eigenvalue weighted by Crippen LogP contribution is -2.29. The highest BCUT2D eigenvalue weighted by molar-refractivity contribution is 4.66. The van der Waals surface area contributed by atoms with Crippen molar-refractivity contribution < 1.29 is 0 Å². The Morgan fingerprint density at radius 3 is 2.87 bits per heavy atom. The fraction of sp³-hybridized carbons (Fsp3) is 0.818. The van der Waals surface area contributed by atoms with Crippen molar-refractivity contribution in [2.45, 2.75) is 52.1 Å². The minimum absolute atomic E-state index is 0.686. The Kier molecular flexibility index (Phi) is 6.00. The van der Waals surface area contributed by atoms with Crippen LogP contribution in [0.3, 0.4) is 0 Å². The summed E-state index contributed by atoms with van der Waals surface area (Å²) in [7, 11) is 0. The molecule has 1 heterocycles. The molecule has 1 aromatic heterocycles. The molecule has 86 valence electrons. The third-order valence-electron chi connectivity index (χ3n) is 2.60. The molecule has 1 unspecified atom stereocenters. The van der Waals surface area contributed by atoms with E-state index in [1.54, 1.807) is 6.20 Å². The second-order valence-corrected chi connectivity index (χ2v) is 3.87. The van der Waals surface area contributed by atoms with Crippen molar-refractivity contribution >= 4 is 0 Å². The molecule has 0 saturated heterocycles. The second-order valence-electron chi connectivity index (χ2n) is 3.87. The van der Waals surface area contributed by atoms with Crippen LogP contribution in [-0.2, 0) is 6.54 Å². The number of aryl methyl sites for hydroxylation is 1. The highest BCUT2D eigenvalue weighted by Gasteiger charge is 2.02. The molecule has 0 aliphatic carbocycles. The smallest absolute Gasteiger partial charge is 0.0692 e. The van der Waals surface area contributed by atoms with Crippen molar-refractivity contribution in [3.8, 4) is 0 Å². The van der Waals surface area contributed by atoms with E-state index in [9.17, 15) is 0 Å². The molecule has 1 rings (SSSR count). The fourth-order valence-corrected chi connectivity index (χ4v) is 1.70. The van der Waals surface area contributed by atoms with Gasteiger partial charge in [0.25, 0.3) is 0 Å². The number of aromatic nitrogens is 3. The van der Waals surface area contributed by atoms with Crippen LogP contribution in [0.15, 0.2) is 12.4 Å². The maximum atomic E-state index is 3.93. The van der Waals surface area contributed by atoms with Gasteiger partial charge in [0, 0.05) is 18.8 Å². The molecule has 0 radical (unpaired) electrons. The molecule has 4 nitrogen and oxygen atoms in total. The van der Waals surface area contributed by atoms with Crippen LogP contribution in [0, 0.1) is 0 Å². The molecular formula is C11H22N4. The molecule has 0 bridgehead atoms. The molecule has 1 N–H and O–H groups in total. The van der Waals surface area contributed by atoms with Crippen molar-refractivity contribution in [3.05, 3.63) is 12.4 Å². The van der Waals surface area contributed by atoms with Gasteiger partial charge in [-0.25, -0.2) is 0 Å². The molecule has 15 heavy (non-hydrogen) atoms. The monoisotopic (exact) mass is 210 g/mol. The minimum Gasteiger partial charge on any atom is -0.314 e. The second kappa shape index (κ2) is 7.40. The molecule has 0 saturated carbocycles. The average molecular weight is 210 g/mol. The lowest BCUT2D eigenvalue weighted by atomic mass is 10.1. The molecule has 0 spiro atoms. The molecule has 0 aromatic carbocycles. The summed E-state index contributed by atoms with van der Waals surface area (Å²) < 4.78 is 1.88. The van der Waals surface area contributed by atoms with Crippen molar-refractivity contribution in [3.63, 3.8) is 0 Å². The molecule has 1 aromatic rings. The van der Waals surface area contributed by atoms with E-state index in [4.69, 9.17) is 0 Å². The standard InChI is InChI=1S/C11H22N4/c1-3-6-11(4-2)12-7-5-9-15-10-8-13-14-15/h8,10-12H,3-7,9H2,1-2H3. The summed E-state index contributed by atoms with van der Waals surface area (Å²) in [5.41, 5.74) is 0. The van der Waals surface area contributed by atoms with Gasteiger partial charge in [-0.3, -0.25) is 4.68 Å². The Hall–Kier alpha value is -0.900. The normalized spacial score (nSPS) is 12.9. The highest BCUT2D eigenvalue weighted by Crippen LogP contribution is 2.00. The van der Waals surface area contributed by atoms with E-state index < -0.39 is 0 Å². The topological polar surface area (TPSA) is 42.7 Å². The summed E-state index contributed by atoms with van der Waals surface area (Å²) in [6.07, 6.45) is 8.50. The highest BCUT2D eigenvalue weighted by atomic mass is 15.4. The first-order chi connectivity index (χ1) is 7.36. The van der Waals surface area contributed by atoms with Crippen molar-refractivity contribution in [1.82, 2.24) is 20.3 Å². The zero-order chi connectivity index (χ0) is 10.9. The average Bonchev–Trinajstić information content (AvgIpc) is 2.75. The van der Waals surface area contributed by atoms with Crippen LogP contribution in [0.5, 0.6) is 0 Å². The van der Waals surface area contributed by atoms with Crippen LogP contribution in [-0.4, -0.2) is 27.6 Å². The number of hydrogen-bond donors (Lipinski definition) is 1. The Morgan fingerprint density at radius 2 is 2.27 bits per heavy atom. The molecule has 0 aliphatic heterocycles. The molecule has 0 amide bonds. The van der Waals surface area contributed by atoms with E-state index in [2.05, 4.69) is 29.5 Å². The summed E-state index contributed by atoms with van der Waals surface area (Å²) in [6, 6.07) is 0.686. The first kappa shape index (κ1) is 12.2. The van der Waals surface area contributed by atoms with Gasteiger partial charge in [0.15, 0.2) is 0 Å². The van der Waals surface area contributed by atoms with E-state index in [1.165, 1.54) is 19.3 Å². The zero-order valence-corrected chi connectivity index (χ0v) is 9.82. The van der Waals surface area contributed by atoms with Gasteiger partial charge in [-0.1, -0.05) is 25.5 Å². The number of hydrogen-bond acceptors (Lipinski definition) is 3. The van der Waals surface area contributed by atoms with Crippen molar-refractivity contribution in [2.24, 2.45) is 0 Å². The SMILES string of the molecule is CCCC(CC)NCCCn1ccnn1. The molecule has 1 atom stereocenters. The maximum absolute atomic E-state index is 3.93. The summed E-state index contributed by atoms with van der Waals surface area (Å²) in [5.74, 6) is 0. The van der Waals surface area contributed by atoms with Crippen LogP contribution in [0.25, 0.3) is 0 Å². The zero-order valence-electron chi connectivity index (χ0n) is 9.82.